The third-order valence-electron chi connectivity index (χ3n) is 2.94. The normalized spacial score (nSPS) is 17.3. The van der Waals surface area contributed by atoms with Crippen molar-refractivity contribution >= 4 is 23.5 Å². The van der Waals surface area contributed by atoms with Gasteiger partial charge >= 0.3 is 0 Å². The summed E-state index contributed by atoms with van der Waals surface area (Å²) in [5, 5.41) is 0. The summed E-state index contributed by atoms with van der Waals surface area (Å²) in [6.45, 7) is 5.51. The van der Waals surface area contributed by atoms with E-state index in [1.54, 1.807) is 31.2 Å². The number of imide groups is 1. The molecule has 0 unspecified atom stereocenters. The van der Waals surface area contributed by atoms with Crippen molar-refractivity contribution in [3.8, 4) is 0 Å². The molecule has 0 spiro atoms. The Kier molecular flexibility index (Phi) is 2.68. The molecule has 1 heterocycles. The Morgan fingerprint density at radius 2 is 1.94 bits per heavy atom. The van der Waals surface area contributed by atoms with Crippen LogP contribution in [0.2, 0.25) is 0 Å². The van der Waals surface area contributed by atoms with Gasteiger partial charge < -0.3 is 0 Å². The molecule has 86 valence electrons. The minimum atomic E-state index is -0.265. The molecule has 0 saturated carbocycles. The first-order valence-corrected chi connectivity index (χ1v) is 5.36. The molecule has 0 fully saturated rings. The molecule has 1 aliphatic heterocycles. The first kappa shape index (κ1) is 11.3. The summed E-state index contributed by atoms with van der Waals surface area (Å²) >= 11 is 0. The number of likely N-dealkylation sites (N-methyl/N-ethyl adjacent to an activating group) is 1. The van der Waals surface area contributed by atoms with Crippen LogP contribution in [0, 0.1) is 0 Å². The van der Waals surface area contributed by atoms with Gasteiger partial charge in [-0.25, -0.2) is 0 Å². The number of hydrogen-bond donors (Lipinski definition) is 0. The Balaban J connectivity index is 2.82. The minimum absolute atomic E-state index is 0.265. The highest BCUT2D eigenvalue weighted by molar-refractivity contribution is 6.31. The zero-order valence-corrected chi connectivity index (χ0v) is 9.86. The highest BCUT2D eigenvalue weighted by atomic mass is 16.2. The maximum absolute atomic E-state index is 12.0. The molecule has 1 aromatic rings. The summed E-state index contributed by atoms with van der Waals surface area (Å²) in [5.74, 6) is -0.529. The van der Waals surface area contributed by atoms with Crippen molar-refractivity contribution < 1.29 is 9.59 Å². The zero-order valence-electron chi connectivity index (χ0n) is 9.86. The van der Waals surface area contributed by atoms with E-state index in [2.05, 4.69) is 6.58 Å². The quantitative estimate of drug-likeness (QED) is 0.545. The molecular formula is C14H13NO2. The van der Waals surface area contributed by atoms with Gasteiger partial charge in [-0.3, -0.25) is 14.5 Å². The van der Waals surface area contributed by atoms with Crippen LogP contribution in [0.25, 0.3) is 11.6 Å². The highest BCUT2D eigenvalue weighted by Gasteiger charge is 2.32. The lowest BCUT2D eigenvalue weighted by Crippen LogP contribution is -2.38. The van der Waals surface area contributed by atoms with Gasteiger partial charge in [-0.2, -0.15) is 0 Å². The molecule has 0 bridgehead atoms. The second-order valence-corrected chi connectivity index (χ2v) is 3.85. The van der Waals surface area contributed by atoms with Crippen LogP contribution >= 0.6 is 0 Å². The van der Waals surface area contributed by atoms with Crippen LogP contribution in [0.5, 0.6) is 0 Å². The van der Waals surface area contributed by atoms with E-state index < -0.39 is 0 Å². The summed E-state index contributed by atoms with van der Waals surface area (Å²) in [7, 11) is 1.50. The van der Waals surface area contributed by atoms with Gasteiger partial charge in [0.1, 0.15) is 0 Å². The van der Waals surface area contributed by atoms with Gasteiger partial charge in [0.05, 0.1) is 0 Å². The van der Waals surface area contributed by atoms with Gasteiger partial charge in [0.2, 0.25) is 0 Å². The van der Waals surface area contributed by atoms with Gasteiger partial charge in [0.15, 0.2) is 0 Å². The Morgan fingerprint density at radius 3 is 2.53 bits per heavy atom. The molecule has 0 radical (unpaired) electrons. The lowest BCUT2D eigenvalue weighted by molar-refractivity contribution is -0.121. The van der Waals surface area contributed by atoms with E-state index in [0.717, 1.165) is 10.5 Å². The maximum Gasteiger partial charge on any atom is 0.261 e. The number of nitrogens with zero attached hydrogens (tertiary/aromatic N) is 1. The fraction of sp³-hybridized carbons (Fsp3) is 0.143. The van der Waals surface area contributed by atoms with E-state index in [1.165, 1.54) is 7.05 Å². The first-order chi connectivity index (χ1) is 8.11. The predicted octanol–water partition coefficient (Wildman–Crippen LogP) is 2.35. The van der Waals surface area contributed by atoms with E-state index in [-0.39, 0.29) is 11.8 Å². The van der Waals surface area contributed by atoms with Crippen molar-refractivity contribution in [3.05, 3.63) is 47.5 Å². The summed E-state index contributed by atoms with van der Waals surface area (Å²) in [6, 6.07) is 5.38. The van der Waals surface area contributed by atoms with Gasteiger partial charge in [-0.1, -0.05) is 30.9 Å². The van der Waals surface area contributed by atoms with Crippen LogP contribution in [-0.4, -0.2) is 23.8 Å². The van der Waals surface area contributed by atoms with Crippen molar-refractivity contribution in [3.63, 3.8) is 0 Å². The molecule has 3 heteroatoms. The molecule has 0 saturated heterocycles. The van der Waals surface area contributed by atoms with Crippen LogP contribution in [-0.2, 0) is 4.79 Å². The van der Waals surface area contributed by atoms with Crippen LogP contribution in [0.3, 0.4) is 0 Å². The number of rotatable bonds is 1. The highest BCUT2D eigenvalue weighted by Crippen LogP contribution is 2.31. The molecule has 2 rings (SSSR count). The van der Waals surface area contributed by atoms with Crippen molar-refractivity contribution in [1.29, 1.82) is 0 Å². The third-order valence-corrected chi connectivity index (χ3v) is 2.94. The van der Waals surface area contributed by atoms with Gasteiger partial charge in [0.25, 0.3) is 11.8 Å². The first-order valence-electron chi connectivity index (χ1n) is 5.36. The predicted molar refractivity (Wildman–Crippen MR) is 67.3 cm³/mol. The average Bonchev–Trinajstić information content (AvgIpc) is 2.36. The SMILES string of the molecule is C=Cc1cccc2c1/C(=C\C)C(=O)N(C)C2=O. The van der Waals surface area contributed by atoms with E-state index in [1.807, 2.05) is 6.07 Å². The molecular weight excluding hydrogens is 214 g/mol. The summed E-state index contributed by atoms with van der Waals surface area (Å²) < 4.78 is 0. The summed E-state index contributed by atoms with van der Waals surface area (Å²) in [5.41, 5.74) is 2.61. The van der Waals surface area contributed by atoms with E-state index in [4.69, 9.17) is 0 Å². The summed E-state index contributed by atoms with van der Waals surface area (Å²) in [4.78, 5) is 25.1. The average molecular weight is 227 g/mol. The molecule has 1 aliphatic rings. The van der Waals surface area contributed by atoms with E-state index in [0.29, 0.717) is 16.7 Å². The monoisotopic (exact) mass is 227 g/mol. The number of fused-ring (bicyclic) bond motifs is 1. The number of carbonyl (C=O) groups is 2. The van der Waals surface area contributed by atoms with Gasteiger partial charge in [-0.05, 0) is 18.6 Å². The van der Waals surface area contributed by atoms with Crippen LogP contribution in [0.4, 0.5) is 0 Å². The molecule has 17 heavy (non-hydrogen) atoms. The molecule has 3 nitrogen and oxygen atoms in total. The molecule has 0 N–H and O–H groups in total. The maximum atomic E-state index is 12.0. The zero-order chi connectivity index (χ0) is 12.6. The number of amides is 2. The molecule has 0 aliphatic carbocycles. The third kappa shape index (κ3) is 1.51. The van der Waals surface area contributed by atoms with Crippen LogP contribution in [0.1, 0.15) is 28.4 Å². The number of allylic oxidation sites excluding steroid dienone is 1. The fourth-order valence-electron chi connectivity index (χ4n) is 2.05. The molecule has 0 aromatic heterocycles. The molecule has 1 aromatic carbocycles. The topological polar surface area (TPSA) is 37.4 Å². The Labute approximate surface area is 100 Å². The second-order valence-electron chi connectivity index (χ2n) is 3.85. The number of benzene rings is 1. The Hall–Kier alpha value is -2.16. The van der Waals surface area contributed by atoms with Gasteiger partial charge in [0, 0.05) is 23.7 Å². The van der Waals surface area contributed by atoms with Crippen molar-refractivity contribution in [2.75, 3.05) is 7.05 Å². The smallest absolute Gasteiger partial charge is 0.261 e. The van der Waals surface area contributed by atoms with E-state index >= 15 is 0 Å². The van der Waals surface area contributed by atoms with E-state index in [9.17, 15) is 9.59 Å². The van der Waals surface area contributed by atoms with Crippen molar-refractivity contribution in [1.82, 2.24) is 4.90 Å². The minimum Gasteiger partial charge on any atom is -0.277 e. The Bertz CT molecular complexity index is 555. The number of carbonyl (C=O) groups excluding carboxylic acids is 2. The molecule has 0 atom stereocenters. The van der Waals surface area contributed by atoms with Crippen molar-refractivity contribution in [2.45, 2.75) is 6.92 Å². The number of hydrogen-bond acceptors (Lipinski definition) is 2. The van der Waals surface area contributed by atoms with Gasteiger partial charge in [-0.15, -0.1) is 0 Å². The second kappa shape index (κ2) is 4.01. The van der Waals surface area contributed by atoms with Crippen molar-refractivity contribution in [2.24, 2.45) is 0 Å². The fourth-order valence-corrected chi connectivity index (χ4v) is 2.05. The largest absolute Gasteiger partial charge is 0.277 e. The van der Waals surface area contributed by atoms with Crippen LogP contribution in [0.15, 0.2) is 30.9 Å². The van der Waals surface area contributed by atoms with Crippen LogP contribution < -0.4 is 0 Å². The lowest BCUT2D eigenvalue weighted by Gasteiger charge is -2.26. The standard InChI is InChI=1S/C14H13NO2/c1-4-9-7-6-8-11-12(9)10(5-2)13(16)15(3)14(11)17/h4-8H,1H2,2-3H3/b10-5+. The molecule has 2 amide bonds. The Morgan fingerprint density at radius 1 is 1.24 bits per heavy atom. The lowest BCUT2D eigenvalue weighted by atomic mass is 9.89. The summed E-state index contributed by atoms with van der Waals surface area (Å²) in [6.07, 6.45) is 3.39.